The Kier molecular flexibility index (Phi) is 5.79. The van der Waals surface area contributed by atoms with Gasteiger partial charge >= 0.3 is 0 Å². The minimum Gasteiger partial charge on any atom is -0.399 e. The van der Waals surface area contributed by atoms with E-state index in [1.54, 1.807) is 0 Å². The summed E-state index contributed by atoms with van der Waals surface area (Å²) in [5, 5.41) is 0. The van der Waals surface area contributed by atoms with Gasteiger partial charge in [0.05, 0.1) is 0 Å². The van der Waals surface area contributed by atoms with E-state index < -0.39 is 0 Å². The van der Waals surface area contributed by atoms with Crippen molar-refractivity contribution in [3.63, 3.8) is 0 Å². The monoisotopic (exact) mass is 254 g/mol. The molecule has 1 atom stereocenters. The predicted octanol–water partition coefficient (Wildman–Crippen LogP) is 3.28. The molecule has 2 rings (SSSR count). The van der Waals surface area contributed by atoms with Gasteiger partial charge in [-0.25, -0.2) is 0 Å². The van der Waals surface area contributed by atoms with Gasteiger partial charge in [0.2, 0.25) is 0 Å². The average molecular weight is 255 g/mol. The highest BCUT2D eigenvalue weighted by Gasteiger charge is 2.20. The van der Waals surface area contributed by atoms with Gasteiger partial charge in [0.15, 0.2) is 0 Å². The van der Waals surface area contributed by atoms with Crippen molar-refractivity contribution in [2.75, 3.05) is 25.4 Å². The maximum atomic E-state index is 5.84. The molecule has 1 heterocycles. The summed E-state index contributed by atoms with van der Waals surface area (Å²) < 4.78 is 0. The van der Waals surface area contributed by atoms with Gasteiger partial charge in [0.25, 0.3) is 0 Å². The highest BCUT2D eigenvalue weighted by atomic mass is 35.5. The zero-order valence-electron chi connectivity index (χ0n) is 10.6. The Bertz CT molecular complexity index is 339. The molecule has 96 valence electrons. The number of likely N-dealkylation sites (tertiary alicyclic amines) is 1. The summed E-state index contributed by atoms with van der Waals surface area (Å²) in [6.07, 6.45) is 3.88. The Morgan fingerprint density at radius 2 is 2.24 bits per heavy atom. The number of hydrogen-bond acceptors (Lipinski definition) is 2. The standard InChI is InChI=1S/C14H22N2.ClH/c1-2-8-16-9-4-6-13(11-16)12-5-3-7-14(15)10-12;/h3,5,7,10,13H,2,4,6,8-9,11,15H2,1H3;1H. The van der Waals surface area contributed by atoms with Crippen molar-refractivity contribution >= 4 is 18.1 Å². The molecule has 17 heavy (non-hydrogen) atoms. The van der Waals surface area contributed by atoms with Crippen LogP contribution < -0.4 is 5.73 Å². The number of rotatable bonds is 3. The van der Waals surface area contributed by atoms with E-state index in [2.05, 4.69) is 30.0 Å². The molecule has 2 N–H and O–H groups in total. The molecule has 3 heteroatoms. The zero-order valence-corrected chi connectivity index (χ0v) is 11.4. The lowest BCUT2D eigenvalue weighted by Gasteiger charge is -2.32. The summed E-state index contributed by atoms with van der Waals surface area (Å²) in [5.41, 5.74) is 8.16. The van der Waals surface area contributed by atoms with Gasteiger partial charge in [-0.3, -0.25) is 0 Å². The van der Waals surface area contributed by atoms with Gasteiger partial charge in [-0.1, -0.05) is 19.1 Å². The van der Waals surface area contributed by atoms with Crippen molar-refractivity contribution in [1.82, 2.24) is 4.90 Å². The fraction of sp³-hybridized carbons (Fsp3) is 0.571. The first kappa shape index (κ1) is 14.3. The molecular formula is C14H23ClN2. The number of hydrogen-bond donors (Lipinski definition) is 1. The fourth-order valence-electron chi connectivity index (χ4n) is 2.66. The van der Waals surface area contributed by atoms with Crippen molar-refractivity contribution in [1.29, 1.82) is 0 Å². The van der Waals surface area contributed by atoms with Gasteiger partial charge in [-0.05, 0) is 56.0 Å². The van der Waals surface area contributed by atoms with E-state index in [0.29, 0.717) is 5.92 Å². The van der Waals surface area contributed by atoms with Gasteiger partial charge in [-0.15, -0.1) is 12.4 Å². The minimum atomic E-state index is 0. The first-order chi connectivity index (χ1) is 7.79. The van der Waals surface area contributed by atoms with E-state index in [4.69, 9.17) is 5.73 Å². The van der Waals surface area contributed by atoms with Crippen LogP contribution in [-0.4, -0.2) is 24.5 Å². The maximum Gasteiger partial charge on any atom is 0.0316 e. The van der Waals surface area contributed by atoms with E-state index in [1.807, 2.05) is 6.07 Å². The second-order valence-corrected chi connectivity index (χ2v) is 4.81. The van der Waals surface area contributed by atoms with Gasteiger partial charge < -0.3 is 10.6 Å². The van der Waals surface area contributed by atoms with Crippen molar-refractivity contribution in [2.45, 2.75) is 32.1 Å². The van der Waals surface area contributed by atoms with Gasteiger partial charge in [0.1, 0.15) is 0 Å². The third-order valence-corrected chi connectivity index (χ3v) is 3.43. The van der Waals surface area contributed by atoms with E-state index in [-0.39, 0.29) is 12.4 Å². The molecule has 0 radical (unpaired) electrons. The number of piperidine rings is 1. The van der Waals surface area contributed by atoms with Crippen LogP contribution in [0.15, 0.2) is 24.3 Å². The van der Waals surface area contributed by atoms with Crippen LogP contribution in [-0.2, 0) is 0 Å². The van der Waals surface area contributed by atoms with Crippen molar-refractivity contribution in [2.24, 2.45) is 0 Å². The quantitative estimate of drug-likeness (QED) is 0.839. The molecular weight excluding hydrogens is 232 g/mol. The Labute approximate surface area is 111 Å². The smallest absolute Gasteiger partial charge is 0.0316 e. The Hall–Kier alpha value is -0.730. The maximum absolute atomic E-state index is 5.84. The van der Waals surface area contributed by atoms with E-state index in [1.165, 1.54) is 44.5 Å². The number of anilines is 1. The number of nitrogens with zero attached hydrogens (tertiary/aromatic N) is 1. The zero-order chi connectivity index (χ0) is 11.4. The second kappa shape index (κ2) is 6.87. The van der Waals surface area contributed by atoms with Crippen LogP contribution in [0.3, 0.4) is 0 Å². The molecule has 0 spiro atoms. The fourth-order valence-corrected chi connectivity index (χ4v) is 2.66. The summed E-state index contributed by atoms with van der Waals surface area (Å²) in [4.78, 5) is 2.58. The molecule has 0 aliphatic carbocycles. The third kappa shape index (κ3) is 3.90. The summed E-state index contributed by atoms with van der Waals surface area (Å²) in [6, 6.07) is 8.40. The van der Waals surface area contributed by atoms with Crippen molar-refractivity contribution in [3.8, 4) is 0 Å². The van der Waals surface area contributed by atoms with Gasteiger partial charge in [0, 0.05) is 12.2 Å². The number of benzene rings is 1. The van der Waals surface area contributed by atoms with Crippen LogP contribution in [0.4, 0.5) is 5.69 Å². The molecule has 0 bridgehead atoms. The number of halogens is 1. The van der Waals surface area contributed by atoms with Crippen LogP contribution in [0, 0.1) is 0 Å². The molecule has 1 fully saturated rings. The highest BCUT2D eigenvalue weighted by Crippen LogP contribution is 2.27. The molecule has 1 aromatic carbocycles. The largest absolute Gasteiger partial charge is 0.399 e. The SMILES string of the molecule is CCCN1CCCC(c2cccc(N)c2)C1.Cl. The summed E-state index contributed by atoms with van der Waals surface area (Å²) in [7, 11) is 0. The first-order valence-corrected chi connectivity index (χ1v) is 6.37. The van der Waals surface area contributed by atoms with Crippen LogP contribution in [0.25, 0.3) is 0 Å². The number of nitrogen functional groups attached to an aromatic ring is 1. The molecule has 1 aliphatic rings. The van der Waals surface area contributed by atoms with Crippen LogP contribution in [0.1, 0.15) is 37.7 Å². The molecule has 2 nitrogen and oxygen atoms in total. The lowest BCUT2D eigenvalue weighted by atomic mass is 9.90. The molecule has 0 aromatic heterocycles. The van der Waals surface area contributed by atoms with E-state index >= 15 is 0 Å². The topological polar surface area (TPSA) is 29.3 Å². The molecule has 1 aliphatic heterocycles. The summed E-state index contributed by atoms with van der Waals surface area (Å²) in [5.74, 6) is 0.684. The Morgan fingerprint density at radius 3 is 2.94 bits per heavy atom. The van der Waals surface area contributed by atoms with Crippen LogP contribution in [0.5, 0.6) is 0 Å². The minimum absolute atomic E-state index is 0. The normalized spacial score (nSPS) is 20.9. The highest BCUT2D eigenvalue weighted by molar-refractivity contribution is 5.85. The Morgan fingerprint density at radius 1 is 1.41 bits per heavy atom. The van der Waals surface area contributed by atoms with Gasteiger partial charge in [-0.2, -0.15) is 0 Å². The summed E-state index contributed by atoms with van der Waals surface area (Å²) >= 11 is 0. The van der Waals surface area contributed by atoms with Crippen molar-refractivity contribution < 1.29 is 0 Å². The predicted molar refractivity (Wildman–Crippen MR) is 76.8 cm³/mol. The average Bonchev–Trinajstić information content (AvgIpc) is 2.30. The second-order valence-electron chi connectivity index (χ2n) is 4.81. The molecule has 1 aromatic rings. The van der Waals surface area contributed by atoms with Crippen LogP contribution >= 0.6 is 12.4 Å². The lowest BCUT2D eigenvalue weighted by Crippen LogP contribution is -2.34. The molecule has 0 saturated carbocycles. The van der Waals surface area contributed by atoms with E-state index in [9.17, 15) is 0 Å². The lowest BCUT2D eigenvalue weighted by molar-refractivity contribution is 0.208. The Balaban J connectivity index is 0.00000144. The molecule has 0 amide bonds. The third-order valence-electron chi connectivity index (χ3n) is 3.43. The van der Waals surface area contributed by atoms with Crippen molar-refractivity contribution in [3.05, 3.63) is 29.8 Å². The first-order valence-electron chi connectivity index (χ1n) is 6.37. The molecule has 1 saturated heterocycles. The van der Waals surface area contributed by atoms with E-state index in [0.717, 1.165) is 5.69 Å². The number of nitrogens with two attached hydrogens (primary N) is 1. The van der Waals surface area contributed by atoms with Crippen LogP contribution in [0.2, 0.25) is 0 Å². The summed E-state index contributed by atoms with van der Waals surface area (Å²) in [6.45, 7) is 5.97. The molecule has 1 unspecified atom stereocenters.